The Kier molecular flexibility index (Phi) is 4.58. The highest BCUT2D eigenvalue weighted by molar-refractivity contribution is 7.13. The van der Waals surface area contributed by atoms with Gasteiger partial charge in [-0.05, 0) is 44.2 Å². The zero-order valence-electron chi connectivity index (χ0n) is 11.1. The van der Waals surface area contributed by atoms with Crippen molar-refractivity contribution in [1.82, 2.24) is 4.90 Å². The average molecular weight is 281 g/mol. The number of hydrogen-bond donors (Lipinski definition) is 1. The molecule has 0 aromatic carbocycles. The molecule has 0 atom stereocenters. The number of piperidine rings is 1. The van der Waals surface area contributed by atoms with E-state index in [1.807, 2.05) is 24.0 Å². The van der Waals surface area contributed by atoms with Gasteiger partial charge < -0.3 is 10.0 Å². The predicted octanol–water partition coefficient (Wildman–Crippen LogP) is 2.77. The maximum absolute atomic E-state index is 12.2. The van der Waals surface area contributed by atoms with E-state index in [0.29, 0.717) is 5.92 Å². The smallest absolute Gasteiger partial charge is 0.303 e. The average Bonchev–Trinajstić information content (AvgIpc) is 2.83. The molecule has 0 unspecified atom stereocenters. The number of carbonyl (C=O) groups is 2. The number of aliphatic carboxylic acids is 1. The number of carbonyl (C=O) groups excluding carboxylic acids is 1. The number of thiophene rings is 1. The number of nitrogens with zero attached hydrogens (tertiary/aromatic N) is 1. The summed E-state index contributed by atoms with van der Waals surface area (Å²) in [5.41, 5.74) is 0. The Morgan fingerprint density at radius 3 is 2.58 bits per heavy atom. The molecular weight excluding hydrogens is 262 g/mol. The first kappa shape index (κ1) is 14.1. The van der Waals surface area contributed by atoms with Gasteiger partial charge in [-0.15, -0.1) is 11.3 Å². The molecule has 2 rings (SSSR count). The largest absolute Gasteiger partial charge is 0.481 e. The van der Waals surface area contributed by atoms with Gasteiger partial charge in [0.15, 0.2) is 0 Å². The first-order valence-electron chi connectivity index (χ1n) is 6.64. The number of likely N-dealkylation sites (tertiary alicyclic amines) is 1. The van der Waals surface area contributed by atoms with E-state index in [1.165, 1.54) is 11.3 Å². The molecule has 1 aromatic rings. The lowest BCUT2D eigenvalue weighted by atomic mass is 9.92. The van der Waals surface area contributed by atoms with Crippen LogP contribution >= 0.6 is 11.3 Å². The van der Waals surface area contributed by atoms with Crippen LogP contribution in [-0.2, 0) is 4.79 Å². The molecule has 4 nitrogen and oxygen atoms in total. The van der Waals surface area contributed by atoms with Crippen LogP contribution in [0.2, 0.25) is 0 Å². The van der Waals surface area contributed by atoms with Crippen LogP contribution in [0.1, 0.15) is 40.2 Å². The number of hydrogen-bond acceptors (Lipinski definition) is 3. The molecule has 1 fully saturated rings. The highest BCUT2D eigenvalue weighted by Crippen LogP contribution is 2.24. The van der Waals surface area contributed by atoms with Gasteiger partial charge in [-0.3, -0.25) is 9.59 Å². The second-order valence-corrected chi connectivity index (χ2v) is 6.37. The Balaban J connectivity index is 1.83. The Bertz CT molecular complexity index is 461. The van der Waals surface area contributed by atoms with Gasteiger partial charge in [0.1, 0.15) is 0 Å². The fourth-order valence-electron chi connectivity index (χ4n) is 2.46. The minimum Gasteiger partial charge on any atom is -0.481 e. The van der Waals surface area contributed by atoms with Crippen molar-refractivity contribution in [3.63, 3.8) is 0 Å². The normalized spacial score (nSPS) is 16.6. The van der Waals surface area contributed by atoms with Crippen molar-refractivity contribution < 1.29 is 14.7 Å². The molecule has 0 bridgehead atoms. The highest BCUT2D eigenvalue weighted by Gasteiger charge is 2.24. The lowest BCUT2D eigenvalue weighted by molar-refractivity contribution is -0.137. The van der Waals surface area contributed by atoms with Gasteiger partial charge in [-0.2, -0.15) is 0 Å². The molecule has 5 heteroatoms. The minimum atomic E-state index is -0.729. The third kappa shape index (κ3) is 3.80. The summed E-state index contributed by atoms with van der Waals surface area (Å²) in [5, 5.41) is 8.67. The summed E-state index contributed by atoms with van der Waals surface area (Å²) in [6, 6.07) is 3.86. The quantitative estimate of drug-likeness (QED) is 0.923. The van der Waals surface area contributed by atoms with Crippen LogP contribution < -0.4 is 0 Å². The first-order chi connectivity index (χ1) is 9.06. The van der Waals surface area contributed by atoms with Gasteiger partial charge >= 0.3 is 5.97 Å². The van der Waals surface area contributed by atoms with Crippen LogP contribution in [0.3, 0.4) is 0 Å². The maximum atomic E-state index is 12.2. The lowest BCUT2D eigenvalue weighted by Crippen LogP contribution is -2.38. The van der Waals surface area contributed by atoms with E-state index in [2.05, 4.69) is 0 Å². The molecule has 0 saturated carbocycles. The van der Waals surface area contributed by atoms with Crippen LogP contribution in [0.4, 0.5) is 0 Å². The van der Waals surface area contributed by atoms with Crippen molar-refractivity contribution in [2.45, 2.75) is 32.6 Å². The molecule has 1 aliphatic rings. The Morgan fingerprint density at radius 2 is 2.05 bits per heavy atom. The van der Waals surface area contributed by atoms with Crippen molar-refractivity contribution in [3.8, 4) is 0 Å². The van der Waals surface area contributed by atoms with Gasteiger partial charge in [0.05, 0.1) is 4.88 Å². The highest BCUT2D eigenvalue weighted by atomic mass is 32.1. The van der Waals surface area contributed by atoms with Gasteiger partial charge in [0.2, 0.25) is 0 Å². The van der Waals surface area contributed by atoms with Crippen molar-refractivity contribution in [2.24, 2.45) is 5.92 Å². The summed E-state index contributed by atoms with van der Waals surface area (Å²) < 4.78 is 0. The predicted molar refractivity (Wildman–Crippen MR) is 74.6 cm³/mol. The summed E-state index contributed by atoms with van der Waals surface area (Å²) in [7, 11) is 0. The van der Waals surface area contributed by atoms with E-state index in [4.69, 9.17) is 5.11 Å². The number of carboxylic acid groups (broad SMARTS) is 1. The topological polar surface area (TPSA) is 57.6 Å². The van der Waals surface area contributed by atoms with Crippen molar-refractivity contribution in [2.75, 3.05) is 13.1 Å². The Morgan fingerprint density at radius 1 is 1.37 bits per heavy atom. The summed E-state index contributed by atoms with van der Waals surface area (Å²) in [6.07, 6.45) is 2.81. The molecule has 1 aliphatic heterocycles. The van der Waals surface area contributed by atoms with Gasteiger partial charge in [0.25, 0.3) is 5.91 Å². The van der Waals surface area contributed by atoms with E-state index < -0.39 is 5.97 Å². The van der Waals surface area contributed by atoms with Crippen molar-refractivity contribution >= 4 is 23.2 Å². The number of aryl methyl sites for hydroxylation is 1. The molecule has 104 valence electrons. The zero-order chi connectivity index (χ0) is 13.8. The molecule has 1 amide bonds. The van der Waals surface area contributed by atoms with Crippen LogP contribution in [0, 0.1) is 12.8 Å². The molecule has 19 heavy (non-hydrogen) atoms. The third-order valence-corrected chi connectivity index (χ3v) is 4.61. The molecule has 1 saturated heterocycles. The van der Waals surface area contributed by atoms with E-state index in [0.717, 1.165) is 42.1 Å². The number of rotatable bonds is 4. The van der Waals surface area contributed by atoms with Crippen molar-refractivity contribution in [1.29, 1.82) is 0 Å². The molecule has 1 N–H and O–H groups in total. The molecule has 2 heterocycles. The second-order valence-electron chi connectivity index (χ2n) is 5.08. The fourth-order valence-corrected chi connectivity index (χ4v) is 3.29. The molecule has 1 aromatic heterocycles. The fraction of sp³-hybridized carbons (Fsp3) is 0.571. The minimum absolute atomic E-state index is 0.120. The van der Waals surface area contributed by atoms with Crippen LogP contribution in [0.15, 0.2) is 12.1 Å². The third-order valence-electron chi connectivity index (χ3n) is 3.62. The van der Waals surface area contributed by atoms with Crippen LogP contribution in [-0.4, -0.2) is 35.0 Å². The molecule has 0 spiro atoms. The SMILES string of the molecule is Cc1ccc(C(=O)N2CCC(CCC(=O)O)CC2)s1. The standard InChI is InChI=1S/C14H19NO3S/c1-10-2-4-12(19-10)14(18)15-8-6-11(7-9-15)3-5-13(16)17/h2,4,11H,3,5-9H2,1H3,(H,16,17). The van der Waals surface area contributed by atoms with Gasteiger partial charge in [0, 0.05) is 24.4 Å². The Labute approximate surface area is 117 Å². The van der Waals surface area contributed by atoms with Crippen molar-refractivity contribution in [3.05, 3.63) is 21.9 Å². The molecule has 0 aliphatic carbocycles. The summed E-state index contributed by atoms with van der Waals surface area (Å²) >= 11 is 1.54. The lowest BCUT2D eigenvalue weighted by Gasteiger charge is -2.31. The van der Waals surface area contributed by atoms with Crippen LogP contribution in [0.25, 0.3) is 0 Å². The summed E-state index contributed by atoms with van der Waals surface area (Å²) in [5.74, 6) is -0.160. The van der Waals surface area contributed by atoms with E-state index in [-0.39, 0.29) is 12.3 Å². The molecule has 0 radical (unpaired) electrons. The first-order valence-corrected chi connectivity index (χ1v) is 7.45. The second kappa shape index (κ2) is 6.19. The molecular formula is C14H19NO3S. The summed E-state index contributed by atoms with van der Waals surface area (Å²) in [6.45, 7) is 3.50. The van der Waals surface area contributed by atoms with E-state index >= 15 is 0 Å². The monoisotopic (exact) mass is 281 g/mol. The number of carboxylic acids is 1. The van der Waals surface area contributed by atoms with E-state index in [9.17, 15) is 9.59 Å². The van der Waals surface area contributed by atoms with Gasteiger partial charge in [-0.1, -0.05) is 0 Å². The maximum Gasteiger partial charge on any atom is 0.303 e. The zero-order valence-corrected chi connectivity index (χ0v) is 11.9. The van der Waals surface area contributed by atoms with Crippen LogP contribution in [0.5, 0.6) is 0 Å². The van der Waals surface area contributed by atoms with E-state index in [1.54, 1.807) is 0 Å². The summed E-state index contributed by atoms with van der Waals surface area (Å²) in [4.78, 5) is 26.6. The Hall–Kier alpha value is -1.36. The number of amides is 1. The van der Waals surface area contributed by atoms with Gasteiger partial charge in [-0.25, -0.2) is 0 Å².